The summed E-state index contributed by atoms with van der Waals surface area (Å²) in [5.41, 5.74) is 4.81. The molecule has 1 saturated carbocycles. The Morgan fingerprint density at radius 3 is 2.50 bits per heavy atom. The summed E-state index contributed by atoms with van der Waals surface area (Å²) in [5.74, 6) is 0. The fourth-order valence-electron chi connectivity index (χ4n) is 2.50. The second-order valence-corrected chi connectivity index (χ2v) is 7.35. The van der Waals surface area contributed by atoms with Gasteiger partial charge in [0, 0.05) is 6.04 Å². The van der Waals surface area contributed by atoms with Crippen LogP contribution in [0.25, 0.3) is 0 Å². The minimum atomic E-state index is -4.55. The van der Waals surface area contributed by atoms with Gasteiger partial charge in [0.15, 0.2) is 9.84 Å². The van der Waals surface area contributed by atoms with Crippen molar-refractivity contribution in [2.45, 2.75) is 48.0 Å². The number of rotatable bonds is 2. The maximum absolute atomic E-state index is 12.6. The summed E-state index contributed by atoms with van der Waals surface area (Å²) in [6, 6.07) is 3.71. The van der Waals surface area contributed by atoms with Crippen molar-refractivity contribution in [1.29, 1.82) is 0 Å². The van der Waals surface area contributed by atoms with Gasteiger partial charge in [-0.15, -0.1) is 0 Å². The predicted molar refractivity (Wildman–Crippen MR) is 68.9 cm³/mol. The van der Waals surface area contributed by atoms with Gasteiger partial charge in [0.25, 0.3) is 0 Å². The zero-order valence-corrected chi connectivity index (χ0v) is 11.5. The SMILES string of the molecule is NC1CCCC(S(=O)(=O)c2cccc(C(F)(F)F)c2)C1. The summed E-state index contributed by atoms with van der Waals surface area (Å²) >= 11 is 0. The average molecular weight is 307 g/mol. The molecule has 1 aromatic carbocycles. The van der Waals surface area contributed by atoms with Gasteiger partial charge in [0.1, 0.15) is 0 Å². The lowest BCUT2D eigenvalue weighted by molar-refractivity contribution is -0.137. The minimum Gasteiger partial charge on any atom is -0.328 e. The van der Waals surface area contributed by atoms with Crippen LogP contribution in [0.15, 0.2) is 29.2 Å². The first-order valence-corrected chi connectivity index (χ1v) is 7.92. The minimum absolute atomic E-state index is 0.200. The van der Waals surface area contributed by atoms with Crippen LogP contribution >= 0.6 is 0 Å². The van der Waals surface area contributed by atoms with E-state index in [1.807, 2.05) is 0 Å². The number of nitrogens with two attached hydrogens (primary N) is 1. The molecule has 2 N–H and O–H groups in total. The van der Waals surface area contributed by atoms with Crippen molar-refractivity contribution in [2.24, 2.45) is 5.73 Å². The molecule has 0 heterocycles. The summed E-state index contributed by atoms with van der Waals surface area (Å²) in [7, 11) is -3.76. The van der Waals surface area contributed by atoms with Gasteiger partial charge in [-0.25, -0.2) is 8.42 Å². The fourth-order valence-corrected chi connectivity index (χ4v) is 4.43. The van der Waals surface area contributed by atoms with Crippen LogP contribution in [0.3, 0.4) is 0 Å². The summed E-state index contributed by atoms with van der Waals surface area (Å²) in [5, 5.41) is -0.685. The van der Waals surface area contributed by atoms with Crippen LogP contribution in [0.1, 0.15) is 31.2 Å². The zero-order chi connectivity index (χ0) is 15.0. The summed E-state index contributed by atoms with van der Waals surface area (Å²) in [4.78, 5) is -0.272. The normalized spacial score (nSPS) is 24.6. The molecule has 1 aliphatic rings. The number of halogens is 3. The molecule has 1 aliphatic carbocycles. The maximum Gasteiger partial charge on any atom is 0.416 e. The first-order chi connectivity index (χ1) is 9.21. The Labute approximate surface area is 115 Å². The molecule has 2 atom stereocenters. The molecular weight excluding hydrogens is 291 g/mol. The first-order valence-electron chi connectivity index (χ1n) is 6.38. The molecule has 1 aromatic rings. The molecule has 0 aromatic heterocycles. The van der Waals surface area contributed by atoms with E-state index in [1.165, 1.54) is 6.07 Å². The zero-order valence-electron chi connectivity index (χ0n) is 10.7. The highest BCUT2D eigenvalue weighted by atomic mass is 32.2. The van der Waals surface area contributed by atoms with Crippen molar-refractivity contribution < 1.29 is 21.6 Å². The van der Waals surface area contributed by atoms with Crippen molar-refractivity contribution in [3.8, 4) is 0 Å². The number of hydrogen-bond acceptors (Lipinski definition) is 3. The van der Waals surface area contributed by atoms with E-state index in [2.05, 4.69) is 0 Å². The summed E-state index contributed by atoms with van der Waals surface area (Å²) in [6.07, 6.45) is -2.35. The Morgan fingerprint density at radius 2 is 1.90 bits per heavy atom. The van der Waals surface area contributed by atoms with Gasteiger partial charge >= 0.3 is 6.18 Å². The molecule has 2 unspecified atom stereocenters. The summed E-state index contributed by atoms with van der Waals surface area (Å²) in [6.45, 7) is 0. The van der Waals surface area contributed by atoms with E-state index < -0.39 is 26.8 Å². The van der Waals surface area contributed by atoms with Crippen LogP contribution in [0.2, 0.25) is 0 Å². The lowest BCUT2D eigenvalue weighted by atomic mass is 9.96. The molecule has 3 nitrogen and oxygen atoms in total. The van der Waals surface area contributed by atoms with Crippen LogP contribution in [0, 0.1) is 0 Å². The third-order valence-electron chi connectivity index (χ3n) is 3.60. The Bertz CT molecular complexity index is 584. The predicted octanol–water partition coefficient (Wildman–Crippen LogP) is 2.75. The number of hydrogen-bond donors (Lipinski definition) is 1. The number of sulfone groups is 1. The second kappa shape index (κ2) is 5.37. The smallest absolute Gasteiger partial charge is 0.328 e. The molecule has 0 radical (unpaired) electrons. The van der Waals surface area contributed by atoms with Crippen molar-refractivity contribution in [3.05, 3.63) is 29.8 Å². The lowest BCUT2D eigenvalue weighted by Gasteiger charge is -2.26. The van der Waals surface area contributed by atoms with E-state index >= 15 is 0 Å². The summed E-state index contributed by atoms with van der Waals surface area (Å²) < 4.78 is 62.7. The molecule has 0 amide bonds. The molecule has 0 saturated heterocycles. The lowest BCUT2D eigenvalue weighted by Crippen LogP contribution is -2.35. The molecule has 1 fully saturated rings. The maximum atomic E-state index is 12.6. The molecule has 0 aliphatic heterocycles. The van der Waals surface area contributed by atoms with Crippen LogP contribution < -0.4 is 5.73 Å². The Hall–Kier alpha value is -1.08. The fraction of sp³-hybridized carbons (Fsp3) is 0.538. The second-order valence-electron chi connectivity index (χ2n) is 5.12. The van der Waals surface area contributed by atoms with E-state index in [4.69, 9.17) is 5.73 Å². The molecule has 2 rings (SSSR count). The highest BCUT2D eigenvalue weighted by molar-refractivity contribution is 7.92. The van der Waals surface area contributed by atoms with E-state index in [0.717, 1.165) is 18.6 Å². The average Bonchev–Trinajstić information content (AvgIpc) is 2.38. The van der Waals surface area contributed by atoms with Gasteiger partial charge in [-0.1, -0.05) is 12.5 Å². The molecule has 7 heteroatoms. The van der Waals surface area contributed by atoms with E-state index in [-0.39, 0.29) is 10.9 Å². The van der Waals surface area contributed by atoms with Crippen LogP contribution in [0.4, 0.5) is 13.2 Å². The van der Waals surface area contributed by atoms with Gasteiger partial charge < -0.3 is 5.73 Å². The van der Waals surface area contributed by atoms with Crippen molar-refractivity contribution >= 4 is 9.84 Å². The molecule has 20 heavy (non-hydrogen) atoms. The van der Waals surface area contributed by atoms with Gasteiger partial charge in [-0.3, -0.25) is 0 Å². The van der Waals surface area contributed by atoms with Crippen molar-refractivity contribution in [2.75, 3.05) is 0 Å². The van der Waals surface area contributed by atoms with Crippen LogP contribution in [-0.2, 0) is 16.0 Å². The molecular formula is C13H16F3NO2S. The standard InChI is InChI=1S/C13H16F3NO2S/c14-13(15,16)9-3-1-5-11(7-9)20(18,19)12-6-2-4-10(17)8-12/h1,3,5,7,10,12H,2,4,6,8,17H2. The molecule has 0 spiro atoms. The van der Waals surface area contributed by atoms with Gasteiger partial charge in [-0.2, -0.15) is 13.2 Å². The number of alkyl halides is 3. The van der Waals surface area contributed by atoms with Crippen LogP contribution in [-0.4, -0.2) is 19.7 Å². The topological polar surface area (TPSA) is 60.2 Å². The largest absolute Gasteiger partial charge is 0.416 e. The molecule has 0 bridgehead atoms. The van der Waals surface area contributed by atoms with Crippen molar-refractivity contribution in [1.82, 2.24) is 0 Å². The van der Waals surface area contributed by atoms with E-state index in [1.54, 1.807) is 0 Å². The van der Waals surface area contributed by atoms with Gasteiger partial charge in [0.05, 0.1) is 15.7 Å². The Balaban J connectivity index is 2.34. The van der Waals surface area contributed by atoms with Gasteiger partial charge in [-0.05, 0) is 37.5 Å². The van der Waals surface area contributed by atoms with E-state index in [9.17, 15) is 21.6 Å². The quantitative estimate of drug-likeness (QED) is 0.914. The monoisotopic (exact) mass is 307 g/mol. The number of benzene rings is 1. The Kier molecular flexibility index (Phi) is 4.11. The van der Waals surface area contributed by atoms with Crippen molar-refractivity contribution in [3.63, 3.8) is 0 Å². The highest BCUT2D eigenvalue weighted by Crippen LogP contribution is 2.33. The third kappa shape index (κ3) is 3.15. The van der Waals surface area contributed by atoms with E-state index in [0.29, 0.717) is 25.3 Å². The highest BCUT2D eigenvalue weighted by Gasteiger charge is 2.35. The Morgan fingerprint density at radius 1 is 1.20 bits per heavy atom. The molecule has 112 valence electrons. The van der Waals surface area contributed by atoms with Crippen LogP contribution in [0.5, 0.6) is 0 Å². The third-order valence-corrected chi connectivity index (χ3v) is 5.81. The first kappa shape index (κ1) is 15.3. The van der Waals surface area contributed by atoms with Gasteiger partial charge in [0.2, 0.25) is 0 Å².